The van der Waals surface area contributed by atoms with Crippen molar-refractivity contribution in [2.45, 2.75) is 0 Å². The van der Waals surface area contributed by atoms with Gasteiger partial charge in [0.15, 0.2) is 5.82 Å². The Morgan fingerprint density at radius 2 is 0.882 bits per heavy atom. The second-order valence-electron chi connectivity index (χ2n) is 17.0. The van der Waals surface area contributed by atoms with E-state index in [9.17, 15) is 10.5 Å². The molecule has 0 aliphatic rings. The summed E-state index contributed by atoms with van der Waals surface area (Å²) < 4.78 is 17.2. The van der Waals surface area contributed by atoms with E-state index in [1.165, 1.54) is 0 Å². The molecule has 0 aliphatic heterocycles. The summed E-state index contributed by atoms with van der Waals surface area (Å²) in [5.74, 6) is 0.440. The van der Waals surface area contributed by atoms with E-state index in [2.05, 4.69) is 86.9 Å². The summed E-state index contributed by atoms with van der Waals surface area (Å²) in [4.78, 5) is 15.1. The lowest BCUT2D eigenvalue weighted by Gasteiger charge is -2.18. The number of hydrogen-bond donors (Lipinski definition) is 0. The first-order valence-corrected chi connectivity index (χ1v) is 22.2. The van der Waals surface area contributed by atoms with E-state index >= 15 is 0 Å². The molecule has 6 heterocycles. The zero-order valence-corrected chi connectivity index (χ0v) is 35.8. The molecule has 0 atom stereocenters. The third kappa shape index (κ3) is 5.39. The Kier molecular flexibility index (Phi) is 7.91. The normalized spacial score (nSPS) is 11.8. The fraction of sp³-hybridized carbons (Fsp3) is 0. The Labute approximate surface area is 386 Å². The summed E-state index contributed by atoms with van der Waals surface area (Å²) >= 11 is 0. The Hall–Kier alpha value is -9.83. The van der Waals surface area contributed by atoms with E-state index in [0.717, 1.165) is 98.6 Å². The monoisotopic (exact) mass is 869 g/mol. The minimum absolute atomic E-state index is 0.440. The van der Waals surface area contributed by atoms with Gasteiger partial charge in [-0.1, -0.05) is 97.1 Å². The van der Waals surface area contributed by atoms with Crippen LogP contribution in [0.25, 0.3) is 133 Å². The summed E-state index contributed by atoms with van der Waals surface area (Å²) in [6, 6.07) is 63.6. The molecule has 6 aromatic heterocycles. The summed E-state index contributed by atoms with van der Waals surface area (Å²) in [5, 5.41) is 30.0. The molecular formula is C59H31N7O2. The van der Waals surface area contributed by atoms with Crippen LogP contribution < -0.4 is 0 Å². The van der Waals surface area contributed by atoms with E-state index < -0.39 is 0 Å². The molecule has 0 saturated heterocycles. The Morgan fingerprint density at radius 3 is 1.37 bits per heavy atom. The lowest BCUT2D eigenvalue weighted by atomic mass is 9.99. The van der Waals surface area contributed by atoms with Crippen LogP contribution in [0.2, 0.25) is 0 Å². The van der Waals surface area contributed by atoms with E-state index in [1.807, 2.05) is 115 Å². The number of benzene rings is 8. The van der Waals surface area contributed by atoms with Gasteiger partial charge in [0.2, 0.25) is 0 Å². The van der Waals surface area contributed by atoms with Crippen LogP contribution >= 0.6 is 0 Å². The van der Waals surface area contributed by atoms with Gasteiger partial charge in [0.05, 0.1) is 56.0 Å². The largest absolute Gasteiger partial charge is 0.456 e. The van der Waals surface area contributed by atoms with Crippen LogP contribution in [0.15, 0.2) is 197 Å². The van der Waals surface area contributed by atoms with Gasteiger partial charge in [-0.3, -0.25) is 4.98 Å². The first kappa shape index (κ1) is 37.5. The predicted octanol–water partition coefficient (Wildman–Crippen LogP) is 14.6. The van der Waals surface area contributed by atoms with Crippen LogP contribution in [0.5, 0.6) is 0 Å². The summed E-state index contributed by atoms with van der Waals surface area (Å²) in [6.45, 7) is 0. The van der Waals surface area contributed by atoms with E-state index in [0.29, 0.717) is 45.3 Å². The highest BCUT2D eigenvalue weighted by atomic mass is 16.3. The third-order valence-electron chi connectivity index (χ3n) is 13.3. The molecule has 9 heteroatoms. The Morgan fingerprint density at radius 1 is 0.397 bits per heavy atom. The molecule has 0 N–H and O–H groups in total. The van der Waals surface area contributed by atoms with Gasteiger partial charge >= 0.3 is 0 Å². The quantitative estimate of drug-likeness (QED) is 0.169. The number of pyridine rings is 1. The van der Waals surface area contributed by atoms with Crippen LogP contribution in [-0.2, 0) is 0 Å². The first-order valence-electron chi connectivity index (χ1n) is 22.2. The minimum atomic E-state index is 0.440. The summed E-state index contributed by atoms with van der Waals surface area (Å²) in [6.07, 6.45) is 3.48. The number of nitriles is 2. The Bertz CT molecular complexity index is 4270. The van der Waals surface area contributed by atoms with E-state index in [4.69, 9.17) is 18.8 Å². The number of fused-ring (bicyclic) bond motifs is 12. The smallest absolute Gasteiger partial charge is 0.161 e. The van der Waals surface area contributed by atoms with Gasteiger partial charge in [-0.2, -0.15) is 10.5 Å². The van der Waals surface area contributed by atoms with Gasteiger partial charge in [-0.15, -0.1) is 0 Å². The molecule has 14 rings (SSSR count). The maximum atomic E-state index is 11.0. The van der Waals surface area contributed by atoms with Crippen LogP contribution in [0.3, 0.4) is 0 Å². The molecule has 0 bridgehead atoms. The van der Waals surface area contributed by atoms with Gasteiger partial charge in [0.25, 0.3) is 0 Å². The highest BCUT2D eigenvalue weighted by Crippen LogP contribution is 2.44. The lowest BCUT2D eigenvalue weighted by molar-refractivity contribution is 0.669. The zero-order chi connectivity index (χ0) is 45.0. The number of para-hydroxylation sites is 6. The van der Waals surface area contributed by atoms with Crippen LogP contribution in [0.1, 0.15) is 11.1 Å². The molecule has 314 valence electrons. The van der Waals surface area contributed by atoms with Gasteiger partial charge in [0, 0.05) is 72.2 Å². The van der Waals surface area contributed by atoms with Crippen molar-refractivity contribution in [3.63, 3.8) is 0 Å². The number of rotatable bonds is 5. The summed E-state index contributed by atoms with van der Waals surface area (Å²) in [7, 11) is 0. The highest BCUT2D eigenvalue weighted by molar-refractivity contribution is 6.19. The molecule has 0 amide bonds. The summed E-state index contributed by atoms with van der Waals surface area (Å²) in [5.41, 5.74) is 12.5. The average Bonchev–Trinajstić information content (AvgIpc) is 4.14. The predicted molar refractivity (Wildman–Crippen MR) is 269 cm³/mol. The molecule has 0 fully saturated rings. The topological polar surface area (TPSA) is 122 Å². The van der Waals surface area contributed by atoms with Gasteiger partial charge < -0.3 is 18.0 Å². The van der Waals surface area contributed by atoms with Crippen LogP contribution in [0, 0.1) is 22.7 Å². The van der Waals surface area contributed by atoms with Crippen molar-refractivity contribution >= 4 is 87.5 Å². The molecule has 14 aromatic rings. The Balaban J connectivity index is 1.07. The fourth-order valence-corrected chi connectivity index (χ4v) is 10.4. The van der Waals surface area contributed by atoms with Crippen molar-refractivity contribution < 1.29 is 8.83 Å². The molecule has 0 spiro atoms. The second kappa shape index (κ2) is 14.3. The van der Waals surface area contributed by atoms with Crippen molar-refractivity contribution in [1.82, 2.24) is 24.1 Å². The molecule has 0 radical (unpaired) electrons. The van der Waals surface area contributed by atoms with E-state index in [1.54, 1.807) is 12.4 Å². The maximum Gasteiger partial charge on any atom is 0.161 e. The molecule has 9 nitrogen and oxygen atoms in total. The van der Waals surface area contributed by atoms with Crippen molar-refractivity contribution in [2.24, 2.45) is 0 Å². The lowest BCUT2D eigenvalue weighted by Crippen LogP contribution is -2.05. The standard InChI is InChI=1S/C59H31N7O2/c60-31-34-12-9-19-41(57(34)65-49-21-5-1-15-37(49)43-28-55-45(26-51(43)65)39-17-3-7-23-53(39)67-55)47-30-48(64-59(63-47)36-14-11-25-62-33-36)42-20-10-13-35(32-61)58(42)66-50-22-6-2-16-38(50)44-29-56-46(27-52(44)66)40-18-4-8-24-54(40)68-56/h1-30,33H. The van der Waals surface area contributed by atoms with Gasteiger partial charge in [-0.25, -0.2) is 9.97 Å². The molecule has 0 unspecified atom stereocenters. The van der Waals surface area contributed by atoms with Gasteiger partial charge in [-0.05, 0) is 78.9 Å². The third-order valence-corrected chi connectivity index (χ3v) is 13.3. The van der Waals surface area contributed by atoms with Gasteiger partial charge in [0.1, 0.15) is 34.5 Å². The number of aromatic nitrogens is 5. The number of hydrogen-bond acceptors (Lipinski definition) is 7. The van der Waals surface area contributed by atoms with Crippen molar-refractivity contribution in [2.75, 3.05) is 0 Å². The number of nitrogens with zero attached hydrogens (tertiary/aromatic N) is 7. The van der Waals surface area contributed by atoms with E-state index in [-0.39, 0.29) is 0 Å². The van der Waals surface area contributed by atoms with Crippen molar-refractivity contribution in [3.05, 3.63) is 199 Å². The SMILES string of the molecule is N#Cc1cccc(-c2cc(-c3cccc(C#N)c3-n3c4ccccc4c4cc5oc6ccccc6c5cc43)nc(-c3cccnc3)n2)c1-n1c2ccccc2c2cc3oc4ccccc4c3cc21. The van der Waals surface area contributed by atoms with Crippen molar-refractivity contribution in [1.29, 1.82) is 10.5 Å². The highest BCUT2D eigenvalue weighted by Gasteiger charge is 2.25. The number of furan rings is 2. The molecule has 0 saturated carbocycles. The minimum Gasteiger partial charge on any atom is -0.456 e. The average molecular weight is 870 g/mol. The molecule has 8 aromatic carbocycles. The molecular weight excluding hydrogens is 839 g/mol. The fourth-order valence-electron chi connectivity index (χ4n) is 10.4. The zero-order valence-electron chi connectivity index (χ0n) is 35.8. The van der Waals surface area contributed by atoms with Crippen LogP contribution in [-0.4, -0.2) is 24.1 Å². The second-order valence-corrected chi connectivity index (χ2v) is 17.0. The van der Waals surface area contributed by atoms with Crippen molar-refractivity contribution in [3.8, 4) is 57.4 Å². The molecule has 0 aliphatic carbocycles. The van der Waals surface area contributed by atoms with Crippen LogP contribution in [0.4, 0.5) is 0 Å². The first-order chi connectivity index (χ1) is 33.6. The molecule has 68 heavy (non-hydrogen) atoms. The maximum absolute atomic E-state index is 11.0.